The Labute approximate surface area is 193 Å². The van der Waals surface area contributed by atoms with E-state index in [0.717, 1.165) is 16.7 Å². The predicted octanol–water partition coefficient (Wildman–Crippen LogP) is 4.00. The number of fused-ring (bicyclic) bond motifs is 1. The number of amides is 1. The Hall–Kier alpha value is -3.28. The van der Waals surface area contributed by atoms with Crippen LogP contribution in [0.1, 0.15) is 33.7 Å². The lowest BCUT2D eigenvalue weighted by atomic mass is 10.2. The molecule has 1 saturated heterocycles. The van der Waals surface area contributed by atoms with Crippen LogP contribution in [0.2, 0.25) is 0 Å². The maximum absolute atomic E-state index is 13.8. The lowest BCUT2D eigenvalue weighted by molar-refractivity contribution is 0.102. The van der Waals surface area contributed by atoms with E-state index in [1.165, 1.54) is 22.5 Å². The molecule has 0 unspecified atom stereocenters. The average molecular weight is 484 g/mol. The molecule has 2 aromatic heterocycles. The van der Waals surface area contributed by atoms with Gasteiger partial charge in [-0.15, -0.1) is 10.2 Å². The number of benzene rings is 2. The molecule has 1 aliphatic rings. The summed E-state index contributed by atoms with van der Waals surface area (Å²) >= 11 is 1.00. The number of hydrogen-bond donors (Lipinski definition) is 1. The molecule has 11 heteroatoms. The van der Waals surface area contributed by atoms with Crippen molar-refractivity contribution in [1.29, 1.82) is 0 Å². The molecule has 3 heterocycles. The first-order chi connectivity index (χ1) is 15.9. The van der Waals surface area contributed by atoms with Crippen LogP contribution in [0.15, 0.2) is 65.7 Å². The van der Waals surface area contributed by atoms with Crippen LogP contribution in [0.3, 0.4) is 0 Å². The van der Waals surface area contributed by atoms with Crippen molar-refractivity contribution < 1.29 is 17.6 Å². The van der Waals surface area contributed by atoms with Gasteiger partial charge in [-0.05, 0) is 37.1 Å². The third kappa shape index (κ3) is 3.99. The summed E-state index contributed by atoms with van der Waals surface area (Å²) in [5.41, 5.74) is 0.445. The molecule has 33 heavy (non-hydrogen) atoms. The Morgan fingerprint density at radius 1 is 1.09 bits per heavy atom. The fourth-order valence-electron chi connectivity index (χ4n) is 3.88. The highest BCUT2D eigenvalue weighted by molar-refractivity contribution is 7.89. The standard InChI is InChI=1S/C22H18FN5O3S2/c23-15-8-1-2-9-16(15)25-20(29)22-27-26-21(32-22)17-10-5-13-28(17)33(30,31)18-11-3-6-14-7-4-12-24-19(14)18/h1-4,6-9,11-12,17H,5,10,13H2,(H,25,29)/t17-/m1/s1. The molecule has 0 spiro atoms. The van der Waals surface area contributed by atoms with Crippen LogP contribution in [0.25, 0.3) is 10.9 Å². The zero-order chi connectivity index (χ0) is 23.0. The Balaban J connectivity index is 1.43. The molecule has 1 N–H and O–H groups in total. The van der Waals surface area contributed by atoms with Gasteiger partial charge in [0.15, 0.2) is 0 Å². The Kier molecular flexibility index (Phi) is 5.60. The Morgan fingerprint density at radius 3 is 2.76 bits per heavy atom. The minimum absolute atomic E-state index is 0.0318. The van der Waals surface area contributed by atoms with Gasteiger partial charge < -0.3 is 5.32 Å². The number of sulfonamides is 1. The number of aromatic nitrogens is 3. The zero-order valence-corrected chi connectivity index (χ0v) is 18.8. The Morgan fingerprint density at radius 2 is 1.91 bits per heavy atom. The summed E-state index contributed by atoms with van der Waals surface area (Å²) in [5, 5.41) is 11.7. The lowest BCUT2D eigenvalue weighted by Crippen LogP contribution is -2.31. The molecule has 8 nitrogen and oxygen atoms in total. The number of anilines is 1. The first-order valence-electron chi connectivity index (χ1n) is 10.2. The lowest BCUT2D eigenvalue weighted by Gasteiger charge is -2.22. The van der Waals surface area contributed by atoms with Crippen LogP contribution >= 0.6 is 11.3 Å². The van der Waals surface area contributed by atoms with Crippen LogP contribution in [-0.2, 0) is 10.0 Å². The van der Waals surface area contributed by atoms with Crippen molar-refractivity contribution in [3.05, 3.63) is 76.6 Å². The van der Waals surface area contributed by atoms with E-state index in [-0.39, 0.29) is 15.6 Å². The molecule has 0 bridgehead atoms. The van der Waals surface area contributed by atoms with E-state index in [1.54, 1.807) is 30.5 Å². The molecule has 4 aromatic rings. The second kappa shape index (κ2) is 8.58. The van der Waals surface area contributed by atoms with Crippen molar-refractivity contribution >= 4 is 43.9 Å². The molecule has 1 aliphatic heterocycles. The van der Waals surface area contributed by atoms with Gasteiger partial charge in [-0.2, -0.15) is 4.31 Å². The van der Waals surface area contributed by atoms with E-state index in [1.807, 2.05) is 12.1 Å². The number of para-hydroxylation sites is 2. The summed E-state index contributed by atoms with van der Waals surface area (Å²) < 4.78 is 42.4. The van der Waals surface area contributed by atoms with Gasteiger partial charge in [0.05, 0.1) is 17.2 Å². The monoisotopic (exact) mass is 483 g/mol. The summed E-state index contributed by atoms with van der Waals surface area (Å²) in [6.07, 6.45) is 2.77. The van der Waals surface area contributed by atoms with Crippen LogP contribution in [0.4, 0.5) is 10.1 Å². The van der Waals surface area contributed by atoms with Gasteiger partial charge >= 0.3 is 0 Å². The smallest absolute Gasteiger partial charge is 0.286 e. The maximum atomic E-state index is 13.8. The summed E-state index contributed by atoms with van der Waals surface area (Å²) in [6, 6.07) is 13.9. The SMILES string of the molecule is O=C(Nc1ccccc1F)c1nnc([C@H]2CCCN2S(=O)(=O)c2cccc3cccnc23)s1. The molecule has 1 amide bonds. The molecule has 1 fully saturated rings. The number of rotatable bonds is 5. The van der Waals surface area contributed by atoms with E-state index >= 15 is 0 Å². The van der Waals surface area contributed by atoms with Crippen LogP contribution in [0, 0.1) is 5.82 Å². The average Bonchev–Trinajstić information content (AvgIpc) is 3.50. The fourth-order valence-corrected chi connectivity index (χ4v) is 6.67. The van der Waals surface area contributed by atoms with E-state index < -0.39 is 27.8 Å². The Bertz CT molecular complexity index is 1450. The first-order valence-corrected chi connectivity index (χ1v) is 12.5. The zero-order valence-electron chi connectivity index (χ0n) is 17.2. The quantitative estimate of drug-likeness (QED) is 0.460. The molecular formula is C22H18FN5O3S2. The summed E-state index contributed by atoms with van der Waals surface area (Å²) in [6.45, 7) is 0.326. The second-order valence-corrected chi connectivity index (χ2v) is 10.4. The van der Waals surface area contributed by atoms with Crippen LogP contribution in [-0.4, -0.2) is 40.4 Å². The van der Waals surface area contributed by atoms with E-state index in [0.29, 0.717) is 29.9 Å². The molecule has 0 radical (unpaired) electrons. The number of carbonyl (C=O) groups excluding carboxylic acids is 1. The van der Waals surface area contributed by atoms with Crippen molar-refractivity contribution in [3.63, 3.8) is 0 Å². The molecule has 1 atom stereocenters. The number of nitrogens with zero attached hydrogens (tertiary/aromatic N) is 4. The highest BCUT2D eigenvalue weighted by atomic mass is 32.2. The normalized spacial score (nSPS) is 16.8. The molecular weight excluding hydrogens is 465 g/mol. The van der Waals surface area contributed by atoms with Crippen LogP contribution < -0.4 is 5.32 Å². The number of hydrogen-bond acceptors (Lipinski definition) is 7. The second-order valence-electron chi connectivity index (χ2n) is 7.48. The highest BCUT2D eigenvalue weighted by Crippen LogP contribution is 2.39. The van der Waals surface area contributed by atoms with Crippen molar-refractivity contribution in [1.82, 2.24) is 19.5 Å². The van der Waals surface area contributed by atoms with Crippen molar-refractivity contribution in [3.8, 4) is 0 Å². The fraction of sp³-hybridized carbons (Fsp3) is 0.182. The van der Waals surface area contributed by atoms with Gasteiger partial charge in [0.25, 0.3) is 5.91 Å². The van der Waals surface area contributed by atoms with E-state index in [4.69, 9.17) is 0 Å². The first kappa shape index (κ1) is 21.6. The summed E-state index contributed by atoms with van der Waals surface area (Å²) in [5.74, 6) is -1.16. The molecule has 5 rings (SSSR count). The van der Waals surface area contributed by atoms with Crippen molar-refractivity contribution in [2.24, 2.45) is 0 Å². The molecule has 0 saturated carbocycles. The minimum atomic E-state index is -3.87. The van der Waals surface area contributed by atoms with Crippen molar-refractivity contribution in [2.75, 3.05) is 11.9 Å². The van der Waals surface area contributed by atoms with Gasteiger partial charge in [-0.1, -0.05) is 41.7 Å². The van der Waals surface area contributed by atoms with Gasteiger partial charge in [-0.25, -0.2) is 12.8 Å². The third-order valence-electron chi connectivity index (χ3n) is 5.43. The van der Waals surface area contributed by atoms with Crippen molar-refractivity contribution in [2.45, 2.75) is 23.8 Å². The van der Waals surface area contributed by atoms with Gasteiger partial charge in [0.1, 0.15) is 15.7 Å². The highest BCUT2D eigenvalue weighted by Gasteiger charge is 2.39. The summed E-state index contributed by atoms with van der Waals surface area (Å²) in [4.78, 5) is 16.9. The van der Waals surface area contributed by atoms with Gasteiger partial charge in [-0.3, -0.25) is 9.78 Å². The number of halogens is 1. The summed E-state index contributed by atoms with van der Waals surface area (Å²) in [7, 11) is -3.87. The number of carbonyl (C=O) groups is 1. The molecule has 168 valence electrons. The van der Waals surface area contributed by atoms with Crippen LogP contribution in [0.5, 0.6) is 0 Å². The van der Waals surface area contributed by atoms with E-state index in [9.17, 15) is 17.6 Å². The topological polar surface area (TPSA) is 105 Å². The molecule has 0 aliphatic carbocycles. The maximum Gasteiger partial charge on any atom is 0.286 e. The molecule has 2 aromatic carbocycles. The number of pyridine rings is 1. The predicted molar refractivity (Wildman–Crippen MR) is 122 cm³/mol. The largest absolute Gasteiger partial charge is 0.317 e. The third-order valence-corrected chi connectivity index (χ3v) is 8.39. The minimum Gasteiger partial charge on any atom is -0.317 e. The van der Waals surface area contributed by atoms with Gasteiger partial charge in [0, 0.05) is 18.1 Å². The number of nitrogens with one attached hydrogen (secondary N) is 1. The van der Waals surface area contributed by atoms with E-state index in [2.05, 4.69) is 20.5 Å². The van der Waals surface area contributed by atoms with Gasteiger partial charge in [0.2, 0.25) is 15.0 Å².